The summed E-state index contributed by atoms with van der Waals surface area (Å²) in [5.74, 6) is 1.65. The van der Waals surface area contributed by atoms with Crippen LogP contribution in [0.2, 0.25) is 0 Å². The number of nitrogens with zero attached hydrogens (tertiary/aromatic N) is 2. The average Bonchev–Trinajstić information content (AvgIpc) is 2.70. The van der Waals surface area contributed by atoms with Gasteiger partial charge in [-0.3, -0.25) is 9.89 Å². The van der Waals surface area contributed by atoms with Gasteiger partial charge in [0.25, 0.3) is 0 Å². The molecule has 1 aliphatic heterocycles. The lowest BCUT2D eigenvalue weighted by atomic mass is 10.2. The predicted octanol–water partition coefficient (Wildman–Crippen LogP) is 0.886. The zero-order chi connectivity index (χ0) is 21.1. The largest absolute Gasteiger partial charge is 0.492 e. The van der Waals surface area contributed by atoms with Crippen molar-refractivity contribution in [3.63, 3.8) is 0 Å². The molecule has 1 fully saturated rings. The Hall–Kier alpha value is -1.84. The van der Waals surface area contributed by atoms with Gasteiger partial charge in [0.1, 0.15) is 22.2 Å². The van der Waals surface area contributed by atoms with E-state index in [9.17, 15) is 8.42 Å². The van der Waals surface area contributed by atoms with Crippen molar-refractivity contribution in [1.82, 2.24) is 15.5 Å². The summed E-state index contributed by atoms with van der Waals surface area (Å²) in [5.41, 5.74) is 1.08. The fourth-order valence-corrected chi connectivity index (χ4v) is 3.72. The van der Waals surface area contributed by atoms with Crippen LogP contribution in [0.3, 0.4) is 0 Å². The number of hydrogen-bond acceptors (Lipinski definition) is 6. The van der Waals surface area contributed by atoms with Crippen LogP contribution < -0.4 is 15.4 Å². The Bertz CT molecular complexity index is 749. The van der Waals surface area contributed by atoms with Crippen LogP contribution in [0.1, 0.15) is 18.9 Å². The molecule has 0 saturated carbocycles. The van der Waals surface area contributed by atoms with E-state index in [0.29, 0.717) is 25.5 Å². The summed E-state index contributed by atoms with van der Waals surface area (Å²) in [6, 6.07) is 8.00. The maximum atomic E-state index is 11.3. The predicted molar refractivity (Wildman–Crippen MR) is 116 cm³/mol. The Labute approximate surface area is 174 Å². The van der Waals surface area contributed by atoms with E-state index in [1.54, 1.807) is 7.05 Å². The minimum absolute atomic E-state index is 0.00535. The van der Waals surface area contributed by atoms with E-state index < -0.39 is 9.84 Å². The molecule has 29 heavy (non-hydrogen) atoms. The number of morpholine rings is 1. The number of nitrogens with one attached hydrogen (secondary N) is 2. The fourth-order valence-electron chi connectivity index (χ4n) is 2.94. The highest BCUT2D eigenvalue weighted by Crippen LogP contribution is 2.13. The van der Waals surface area contributed by atoms with E-state index in [1.165, 1.54) is 6.26 Å². The van der Waals surface area contributed by atoms with Crippen molar-refractivity contribution in [3.05, 3.63) is 29.8 Å². The zero-order valence-corrected chi connectivity index (χ0v) is 18.5. The molecule has 0 bridgehead atoms. The molecule has 2 rings (SSSR count). The molecular weight excluding hydrogens is 392 g/mol. The van der Waals surface area contributed by atoms with Gasteiger partial charge in [-0.25, -0.2) is 8.42 Å². The van der Waals surface area contributed by atoms with Crippen molar-refractivity contribution >= 4 is 15.8 Å². The second-order valence-corrected chi connectivity index (χ2v) is 9.60. The van der Waals surface area contributed by atoms with Gasteiger partial charge in [-0.1, -0.05) is 12.1 Å². The van der Waals surface area contributed by atoms with E-state index in [2.05, 4.69) is 20.5 Å². The Balaban J connectivity index is 1.75. The number of benzene rings is 1. The first-order valence-electron chi connectivity index (χ1n) is 10.0. The molecule has 1 saturated heterocycles. The third-order valence-corrected chi connectivity index (χ3v) is 5.64. The molecule has 1 aliphatic rings. The number of ether oxygens (including phenoxy) is 2. The van der Waals surface area contributed by atoms with Crippen LogP contribution in [0, 0.1) is 0 Å². The van der Waals surface area contributed by atoms with Gasteiger partial charge in [0.2, 0.25) is 0 Å². The van der Waals surface area contributed by atoms with Crippen LogP contribution in [0.4, 0.5) is 0 Å². The molecule has 1 heterocycles. The van der Waals surface area contributed by atoms with Crippen LogP contribution >= 0.6 is 0 Å². The molecule has 0 aliphatic carbocycles. The summed E-state index contributed by atoms with van der Waals surface area (Å²) in [7, 11) is -1.26. The number of guanidine groups is 1. The molecule has 0 amide bonds. The van der Waals surface area contributed by atoms with Gasteiger partial charge >= 0.3 is 0 Å². The summed E-state index contributed by atoms with van der Waals surface area (Å²) >= 11 is 0. The van der Waals surface area contributed by atoms with Crippen molar-refractivity contribution < 1.29 is 17.9 Å². The van der Waals surface area contributed by atoms with E-state index in [1.807, 2.05) is 31.2 Å². The van der Waals surface area contributed by atoms with Crippen LogP contribution in [-0.2, 0) is 21.1 Å². The van der Waals surface area contributed by atoms with E-state index in [4.69, 9.17) is 9.47 Å². The lowest BCUT2D eigenvalue weighted by Gasteiger charge is -2.26. The Kier molecular flexibility index (Phi) is 9.69. The van der Waals surface area contributed by atoms with Gasteiger partial charge < -0.3 is 20.1 Å². The second kappa shape index (κ2) is 12.0. The smallest absolute Gasteiger partial charge is 0.191 e. The van der Waals surface area contributed by atoms with Crippen LogP contribution in [0.25, 0.3) is 0 Å². The highest BCUT2D eigenvalue weighted by molar-refractivity contribution is 7.90. The summed E-state index contributed by atoms with van der Waals surface area (Å²) in [5, 5.41) is 6.48. The summed E-state index contributed by atoms with van der Waals surface area (Å²) in [6.45, 7) is 7.60. The lowest BCUT2D eigenvalue weighted by Crippen LogP contribution is -2.42. The minimum atomic E-state index is -2.96. The molecule has 0 spiro atoms. The summed E-state index contributed by atoms with van der Waals surface area (Å²) in [4.78, 5) is 6.55. The third-order valence-electron chi connectivity index (χ3n) is 4.67. The van der Waals surface area contributed by atoms with E-state index in [0.717, 1.165) is 44.2 Å². The van der Waals surface area contributed by atoms with Gasteiger partial charge in [-0.15, -0.1) is 0 Å². The number of rotatable bonds is 10. The molecule has 1 atom stereocenters. The number of hydrogen-bond donors (Lipinski definition) is 2. The van der Waals surface area contributed by atoms with Crippen molar-refractivity contribution in [2.24, 2.45) is 4.99 Å². The van der Waals surface area contributed by atoms with E-state index >= 15 is 0 Å². The van der Waals surface area contributed by atoms with Crippen LogP contribution in [-0.4, -0.2) is 83.8 Å². The maximum absolute atomic E-state index is 11.3. The summed E-state index contributed by atoms with van der Waals surface area (Å²) < 4.78 is 33.9. The molecule has 1 aromatic rings. The van der Waals surface area contributed by atoms with Gasteiger partial charge in [-0.05, 0) is 31.0 Å². The van der Waals surface area contributed by atoms with Crippen LogP contribution in [0.5, 0.6) is 5.75 Å². The van der Waals surface area contributed by atoms with Crippen molar-refractivity contribution in [3.8, 4) is 5.75 Å². The first-order chi connectivity index (χ1) is 13.9. The third kappa shape index (κ3) is 9.96. The molecule has 164 valence electrons. The van der Waals surface area contributed by atoms with Gasteiger partial charge in [0.05, 0.1) is 19.0 Å². The fraction of sp³-hybridized carbons (Fsp3) is 0.650. The molecule has 0 radical (unpaired) electrons. The molecule has 8 nitrogen and oxygen atoms in total. The molecule has 9 heteroatoms. The van der Waals surface area contributed by atoms with E-state index in [-0.39, 0.29) is 11.8 Å². The average molecular weight is 427 g/mol. The Morgan fingerprint density at radius 1 is 1.34 bits per heavy atom. The topological polar surface area (TPSA) is 92.3 Å². The SMILES string of the molecule is CN=C(NCc1cccc(OCCN2CCOCC2)c1)NC(C)CCS(C)(=O)=O. The molecule has 0 aromatic heterocycles. The first kappa shape index (κ1) is 23.4. The maximum Gasteiger partial charge on any atom is 0.191 e. The second-order valence-electron chi connectivity index (χ2n) is 7.34. The standard InChI is InChI=1S/C20H34N4O4S/c1-17(7-14-29(3,25)26)23-20(21-2)22-16-18-5-4-6-19(15-18)28-13-10-24-8-11-27-12-9-24/h4-6,15,17H,7-14,16H2,1-3H3,(H2,21,22,23). The number of sulfone groups is 1. The normalized spacial score (nSPS) is 17.0. The number of aliphatic imine (C=N–C) groups is 1. The van der Waals surface area contributed by atoms with Gasteiger partial charge in [0, 0.05) is 45.5 Å². The molecule has 1 unspecified atom stereocenters. The monoisotopic (exact) mass is 426 g/mol. The quantitative estimate of drug-likeness (QED) is 0.424. The van der Waals surface area contributed by atoms with Crippen molar-refractivity contribution in [2.45, 2.75) is 25.9 Å². The van der Waals surface area contributed by atoms with Crippen molar-refractivity contribution in [2.75, 3.05) is 58.5 Å². The van der Waals surface area contributed by atoms with Gasteiger partial charge in [0.15, 0.2) is 5.96 Å². The van der Waals surface area contributed by atoms with Crippen molar-refractivity contribution in [1.29, 1.82) is 0 Å². The molecule has 1 aromatic carbocycles. The highest BCUT2D eigenvalue weighted by Gasteiger charge is 2.11. The minimum Gasteiger partial charge on any atom is -0.492 e. The first-order valence-corrected chi connectivity index (χ1v) is 12.1. The summed E-state index contributed by atoms with van der Waals surface area (Å²) in [6.07, 6.45) is 1.79. The molecule has 2 N–H and O–H groups in total. The Morgan fingerprint density at radius 3 is 2.79 bits per heavy atom. The zero-order valence-electron chi connectivity index (χ0n) is 17.7. The Morgan fingerprint density at radius 2 is 2.10 bits per heavy atom. The van der Waals surface area contributed by atoms with Gasteiger partial charge in [-0.2, -0.15) is 0 Å². The lowest BCUT2D eigenvalue weighted by molar-refractivity contribution is 0.0322. The van der Waals surface area contributed by atoms with Crippen LogP contribution in [0.15, 0.2) is 29.3 Å². The highest BCUT2D eigenvalue weighted by atomic mass is 32.2. The molecular formula is C20H34N4O4S.